The van der Waals surface area contributed by atoms with Gasteiger partial charge in [0.2, 0.25) is 5.91 Å². The van der Waals surface area contributed by atoms with Gasteiger partial charge in [0.05, 0.1) is 11.1 Å². The van der Waals surface area contributed by atoms with Crippen LogP contribution in [0.2, 0.25) is 0 Å². The number of anilines is 2. The van der Waals surface area contributed by atoms with Crippen molar-refractivity contribution >= 4 is 28.1 Å². The molecule has 1 N–H and O–H groups in total. The van der Waals surface area contributed by atoms with Crippen molar-refractivity contribution < 1.29 is 4.79 Å². The molecular formula is C22H26N4O2. The molecule has 0 aliphatic heterocycles. The topological polar surface area (TPSA) is 67.2 Å². The molecule has 0 saturated carbocycles. The van der Waals surface area contributed by atoms with Gasteiger partial charge in [0.15, 0.2) is 0 Å². The lowest BCUT2D eigenvalue weighted by atomic mass is 10.1. The quantitative estimate of drug-likeness (QED) is 0.712. The van der Waals surface area contributed by atoms with Crippen molar-refractivity contribution in [3.63, 3.8) is 0 Å². The molecule has 0 saturated heterocycles. The van der Waals surface area contributed by atoms with E-state index in [-0.39, 0.29) is 18.0 Å². The minimum Gasteiger partial charge on any atom is -0.369 e. The summed E-state index contributed by atoms with van der Waals surface area (Å²) in [6, 6.07) is 15.4. The molecule has 1 aromatic heterocycles. The minimum absolute atomic E-state index is 0.126. The summed E-state index contributed by atoms with van der Waals surface area (Å²) in [4.78, 5) is 27.3. The predicted molar refractivity (Wildman–Crippen MR) is 114 cm³/mol. The van der Waals surface area contributed by atoms with Gasteiger partial charge in [-0.05, 0) is 58.0 Å². The fourth-order valence-electron chi connectivity index (χ4n) is 3.43. The molecule has 0 aliphatic carbocycles. The lowest BCUT2D eigenvalue weighted by molar-refractivity contribution is -0.117. The van der Waals surface area contributed by atoms with E-state index in [1.807, 2.05) is 49.4 Å². The fourth-order valence-corrected chi connectivity index (χ4v) is 3.43. The van der Waals surface area contributed by atoms with Gasteiger partial charge < -0.3 is 10.2 Å². The van der Waals surface area contributed by atoms with Crippen LogP contribution in [0.1, 0.15) is 26.5 Å². The highest BCUT2D eigenvalue weighted by atomic mass is 16.2. The maximum Gasteiger partial charge on any atom is 0.275 e. The normalized spacial score (nSPS) is 11.0. The van der Waals surface area contributed by atoms with E-state index in [4.69, 9.17) is 0 Å². The van der Waals surface area contributed by atoms with E-state index in [1.54, 1.807) is 6.07 Å². The highest BCUT2D eigenvalue weighted by Gasteiger charge is 2.12. The van der Waals surface area contributed by atoms with Gasteiger partial charge in [-0.1, -0.05) is 18.2 Å². The van der Waals surface area contributed by atoms with E-state index in [2.05, 4.69) is 36.1 Å². The third kappa shape index (κ3) is 4.06. The van der Waals surface area contributed by atoms with Gasteiger partial charge in [0, 0.05) is 29.3 Å². The van der Waals surface area contributed by atoms with Gasteiger partial charge in [0.1, 0.15) is 6.54 Å². The largest absolute Gasteiger partial charge is 0.369 e. The number of fused-ring (bicyclic) bond motifs is 1. The number of hydrogen-bond acceptors (Lipinski definition) is 4. The van der Waals surface area contributed by atoms with Crippen LogP contribution in [0.5, 0.6) is 0 Å². The Kier molecular flexibility index (Phi) is 5.78. The summed E-state index contributed by atoms with van der Waals surface area (Å²) in [6.07, 6.45) is 0. The molecule has 0 radical (unpaired) electrons. The molecule has 1 amide bonds. The molecule has 0 fully saturated rings. The van der Waals surface area contributed by atoms with Crippen LogP contribution in [0.3, 0.4) is 0 Å². The van der Waals surface area contributed by atoms with E-state index in [0.717, 1.165) is 23.3 Å². The molecule has 0 aliphatic rings. The number of nitrogens with zero attached hydrogens (tertiary/aromatic N) is 3. The van der Waals surface area contributed by atoms with E-state index in [1.165, 1.54) is 4.68 Å². The lowest BCUT2D eigenvalue weighted by Crippen LogP contribution is -2.31. The molecule has 2 aromatic carbocycles. The summed E-state index contributed by atoms with van der Waals surface area (Å²) in [6.45, 7) is 9.04. The van der Waals surface area contributed by atoms with Crippen molar-refractivity contribution in [2.24, 2.45) is 0 Å². The number of nitrogens with one attached hydrogen (secondary N) is 1. The maximum absolute atomic E-state index is 12.6. The molecule has 0 bridgehead atoms. The molecule has 1 heterocycles. The molecular weight excluding hydrogens is 352 g/mol. The Morgan fingerprint density at radius 1 is 1.11 bits per heavy atom. The monoisotopic (exact) mass is 378 g/mol. The highest BCUT2D eigenvalue weighted by molar-refractivity contribution is 5.91. The molecule has 28 heavy (non-hydrogen) atoms. The average molecular weight is 378 g/mol. The Labute approximate surface area is 164 Å². The number of carbonyl (C=O) groups excluding carboxylic acids is 1. The van der Waals surface area contributed by atoms with Crippen molar-refractivity contribution in [3.8, 4) is 0 Å². The van der Waals surface area contributed by atoms with Crippen LogP contribution in [0.4, 0.5) is 11.4 Å². The number of amides is 1. The zero-order valence-electron chi connectivity index (χ0n) is 16.8. The van der Waals surface area contributed by atoms with Gasteiger partial charge in [-0.15, -0.1) is 0 Å². The Morgan fingerprint density at radius 2 is 1.75 bits per heavy atom. The molecule has 6 nitrogen and oxygen atoms in total. The number of hydrogen-bond donors (Lipinski definition) is 1. The summed E-state index contributed by atoms with van der Waals surface area (Å²) in [5, 5.41) is 8.51. The van der Waals surface area contributed by atoms with E-state index in [0.29, 0.717) is 17.1 Å². The molecule has 3 rings (SSSR count). The molecule has 0 atom stereocenters. The lowest BCUT2D eigenvalue weighted by Gasteiger charge is -2.27. The zero-order valence-corrected chi connectivity index (χ0v) is 16.8. The molecule has 6 heteroatoms. The number of benzene rings is 2. The van der Waals surface area contributed by atoms with Gasteiger partial charge in [-0.2, -0.15) is 5.10 Å². The standard InChI is InChI=1S/C22H26N4O2/c1-5-25(15(2)3)18-12-10-17(11-13-18)23-21(27)14-26-22(28)20-9-7-6-8-19(20)16(4)24-26/h6-13,15H,5,14H2,1-4H3,(H,23,27). The molecule has 0 spiro atoms. The summed E-state index contributed by atoms with van der Waals surface area (Å²) in [7, 11) is 0. The van der Waals surface area contributed by atoms with Crippen molar-refractivity contribution in [1.82, 2.24) is 9.78 Å². The first-order valence-corrected chi connectivity index (χ1v) is 9.53. The summed E-state index contributed by atoms with van der Waals surface area (Å²) in [5.74, 6) is -0.284. The van der Waals surface area contributed by atoms with Gasteiger partial charge in [-0.25, -0.2) is 4.68 Å². The zero-order chi connectivity index (χ0) is 20.3. The van der Waals surface area contributed by atoms with Gasteiger partial charge in [-0.3, -0.25) is 9.59 Å². The Balaban J connectivity index is 1.75. The number of aryl methyl sites for hydroxylation is 1. The predicted octanol–water partition coefficient (Wildman–Crippen LogP) is 3.58. The molecule has 3 aromatic rings. The van der Waals surface area contributed by atoms with Crippen LogP contribution in [-0.2, 0) is 11.3 Å². The third-order valence-corrected chi connectivity index (χ3v) is 4.79. The number of rotatable bonds is 6. The van der Waals surface area contributed by atoms with Crippen molar-refractivity contribution in [1.29, 1.82) is 0 Å². The first-order chi connectivity index (χ1) is 13.4. The van der Waals surface area contributed by atoms with Crippen LogP contribution < -0.4 is 15.8 Å². The minimum atomic E-state index is -0.284. The van der Waals surface area contributed by atoms with Crippen molar-refractivity contribution in [3.05, 3.63) is 64.6 Å². The van der Waals surface area contributed by atoms with Crippen molar-refractivity contribution in [2.75, 3.05) is 16.8 Å². The van der Waals surface area contributed by atoms with Crippen molar-refractivity contribution in [2.45, 2.75) is 40.3 Å². The van der Waals surface area contributed by atoms with Crippen LogP contribution in [0, 0.1) is 6.92 Å². The van der Waals surface area contributed by atoms with E-state index < -0.39 is 0 Å². The van der Waals surface area contributed by atoms with Crippen LogP contribution in [0.25, 0.3) is 10.8 Å². The average Bonchev–Trinajstić information content (AvgIpc) is 2.67. The fraction of sp³-hybridized carbons (Fsp3) is 0.318. The second-order valence-electron chi connectivity index (χ2n) is 7.07. The SMILES string of the molecule is CCN(c1ccc(NC(=O)Cn2nc(C)c3ccccc3c2=O)cc1)C(C)C. The van der Waals surface area contributed by atoms with Gasteiger partial charge in [0.25, 0.3) is 5.56 Å². The summed E-state index contributed by atoms with van der Waals surface area (Å²) < 4.78 is 1.22. The van der Waals surface area contributed by atoms with Gasteiger partial charge >= 0.3 is 0 Å². The van der Waals surface area contributed by atoms with Crippen LogP contribution in [0.15, 0.2) is 53.3 Å². The number of aromatic nitrogens is 2. The Morgan fingerprint density at radius 3 is 2.36 bits per heavy atom. The Hall–Kier alpha value is -3.15. The molecule has 146 valence electrons. The smallest absolute Gasteiger partial charge is 0.275 e. The summed E-state index contributed by atoms with van der Waals surface area (Å²) >= 11 is 0. The van der Waals surface area contributed by atoms with Crippen LogP contribution in [-0.4, -0.2) is 28.3 Å². The van der Waals surface area contributed by atoms with Crippen LogP contribution >= 0.6 is 0 Å². The van der Waals surface area contributed by atoms with E-state index in [9.17, 15) is 9.59 Å². The number of carbonyl (C=O) groups is 1. The Bertz CT molecular complexity index is 1040. The second-order valence-corrected chi connectivity index (χ2v) is 7.07. The highest BCUT2D eigenvalue weighted by Crippen LogP contribution is 2.20. The maximum atomic E-state index is 12.6. The molecule has 0 unspecified atom stereocenters. The second kappa shape index (κ2) is 8.25. The van der Waals surface area contributed by atoms with E-state index >= 15 is 0 Å². The third-order valence-electron chi connectivity index (χ3n) is 4.79. The summed E-state index contributed by atoms with van der Waals surface area (Å²) in [5.41, 5.74) is 2.26. The first kappa shape index (κ1) is 19.6. The first-order valence-electron chi connectivity index (χ1n) is 9.53.